The Morgan fingerprint density at radius 2 is 1.86 bits per heavy atom. The lowest BCUT2D eigenvalue weighted by atomic mass is 9.98. The van der Waals surface area contributed by atoms with Crippen LogP contribution < -0.4 is 10.3 Å². The van der Waals surface area contributed by atoms with Crippen LogP contribution in [0.25, 0.3) is 11.0 Å². The quantitative estimate of drug-likeness (QED) is 0.301. The van der Waals surface area contributed by atoms with E-state index in [4.69, 9.17) is 13.9 Å². The summed E-state index contributed by atoms with van der Waals surface area (Å²) in [4.78, 5) is 58.0. The van der Waals surface area contributed by atoms with Gasteiger partial charge in [-0.2, -0.15) is 0 Å². The van der Waals surface area contributed by atoms with Gasteiger partial charge in [-0.1, -0.05) is 39.4 Å². The number of methoxy groups -OCH3 is 1. The average molecular weight is 583 g/mol. The molecule has 0 saturated heterocycles. The first kappa shape index (κ1) is 24.8. The summed E-state index contributed by atoms with van der Waals surface area (Å²) in [6.07, 6.45) is 0. The van der Waals surface area contributed by atoms with Crippen molar-refractivity contribution in [3.63, 3.8) is 0 Å². The van der Waals surface area contributed by atoms with Crippen LogP contribution in [0.2, 0.25) is 0 Å². The highest BCUT2D eigenvalue weighted by Gasteiger charge is 2.45. The number of fused-ring (bicyclic) bond motifs is 2. The first-order valence-electron chi connectivity index (χ1n) is 11.2. The van der Waals surface area contributed by atoms with Crippen LogP contribution in [-0.2, 0) is 9.47 Å². The van der Waals surface area contributed by atoms with E-state index in [1.54, 1.807) is 56.3 Å². The molecule has 0 saturated carbocycles. The number of nitrogens with zero attached hydrogens (tertiary/aromatic N) is 2. The van der Waals surface area contributed by atoms with Gasteiger partial charge < -0.3 is 13.9 Å². The third-order valence-electron chi connectivity index (χ3n) is 5.93. The second-order valence-corrected chi connectivity index (χ2v) is 10.0. The smallest absolute Gasteiger partial charge is 0.350 e. The zero-order valence-electron chi connectivity index (χ0n) is 19.9. The highest BCUT2D eigenvalue weighted by molar-refractivity contribution is 9.10. The average Bonchev–Trinajstić information content (AvgIpc) is 3.41. The molecule has 0 radical (unpaired) electrons. The summed E-state index contributed by atoms with van der Waals surface area (Å²) in [6, 6.07) is 10.5. The number of esters is 2. The number of amides is 1. The van der Waals surface area contributed by atoms with Gasteiger partial charge in [-0.15, -0.1) is 0 Å². The normalized spacial score (nSPS) is 14.6. The molecule has 1 amide bonds. The number of aryl methyl sites for hydroxylation is 1. The van der Waals surface area contributed by atoms with Gasteiger partial charge in [0.2, 0.25) is 5.76 Å². The summed E-state index contributed by atoms with van der Waals surface area (Å²) in [6.45, 7) is 3.54. The van der Waals surface area contributed by atoms with Gasteiger partial charge in [0.05, 0.1) is 42.0 Å². The Morgan fingerprint density at radius 1 is 1.14 bits per heavy atom. The fourth-order valence-electron chi connectivity index (χ4n) is 4.25. The predicted molar refractivity (Wildman–Crippen MR) is 139 cm³/mol. The number of carbonyl (C=O) groups is 3. The number of hydrogen-bond donors (Lipinski definition) is 0. The summed E-state index contributed by atoms with van der Waals surface area (Å²) in [7, 11) is 1.28. The lowest BCUT2D eigenvalue weighted by Gasteiger charge is -2.22. The third kappa shape index (κ3) is 4.13. The van der Waals surface area contributed by atoms with Crippen LogP contribution in [0, 0.1) is 6.92 Å². The maximum absolute atomic E-state index is 13.7. The zero-order valence-corrected chi connectivity index (χ0v) is 22.3. The number of carbonyl (C=O) groups excluding carboxylic acids is 3. The van der Waals surface area contributed by atoms with Gasteiger partial charge in [-0.3, -0.25) is 14.5 Å². The van der Waals surface area contributed by atoms with Crippen molar-refractivity contribution in [1.29, 1.82) is 0 Å². The molecule has 1 aliphatic rings. The Labute approximate surface area is 222 Å². The topological polar surface area (TPSA) is 116 Å². The number of aromatic nitrogens is 1. The second-order valence-electron chi connectivity index (χ2n) is 8.14. The number of halogens is 1. The fourth-order valence-corrected chi connectivity index (χ4v) is 5.60. The highest BCUT2D eigenvalue weighted by Crippen LogP contribution is 2.43. The highest BCUT2D eigenvalue weighted by atomic mass is 79.9. The van der Waals surface area contributed by atoms with E-state index < -0.39 is 23.9 Å². The van der Waals surface area contributed by atoms with Crippen molar-refractivity contribution in [3.8, 4) is 0 Å². The number of thiazole rings is 1. The van der Waals surface area contributed by atoms with E-state index in [1.165, 1.54) is 12.0 Å². The van der Waals surface area contributed by atoms with E-state index in [0.717, 1.165) is 11.3 Å². The number of benzene rings is 2. The number of ether oxygens (including phenoxy) is 2. The molecule has 0 unspecified atom stereocenters. The molecule has 1 atom stereocenters. The predicted octanol–water partition coefficient (Wildman–Crippen LogP) is 5.03. The minimum absolute atomic E-state index is 0.104. The molecule has 37 heavy (non-hydrogen) atoms. The molecule has 0 N–H and O–H groups in total. The Kier molecular flexibility index (Phi) is 6.42. The summed E-state index contributed by atoms with van der Waals surface area (Å²) < 4.78 is 16.5. The summed E-state index contributed by atoms with van der Waals surface area (Å²) in [5, 5.41) is 0.519. The first-order chi connectivity index (χ1) is 17.7. The van der Waals surface area contributed by atoms with Crippen LogP contribution in [0.5, 0.6) is 0 Å². The number of hydrogen-bond acceptors (Lipinski definition) is 9. The van der Waals surface area contributed by atoms with Crippen LogP contribution >= 0.6 is 27.3 Å². The van der Waals surface area contributed by atoms with Gasteiger partial charge in [-0.25, -0.2) is 14.6 Å². The molecule has 0 spiro atoms. The molecule has 188 valence electrons. The molecule has 1 aliphatic heterocycles. The Hall–Kier alpha value is -3.83. The van der Waals surface area contributed by atoms with Crippen molar-refractivity contribution in [1.82, 2.24) is 4.98 Å². The molecule has 11 heteroatoms. The van der Waals surface area contributed by atoms with E-state index in [0.29, 0.717) is 26.7 Å². The Balaban J connectivity index is 1.73. The van der Waals surface area contributed by atoms with Crippen molar-refractivity contribution in [2.45, 2.75) is 19.9 Å². The minimum atomic E-state index is -0.908. The van der Waals surface area contributed by atoms with Gasteiger partial charge in [0.1, 0.15) is 10.5 Å². The molecular formula is C26H19BrN2O7S. The van der Waals surface area contributed by atoms with E-state index >= 15 is 0 Å². The molecule has 0 aliphatic carbocycles. The molecular weight excluding hydrogens is 564 g/mol. The molecule has 2 aromatic carbocycles. The standard InChI is InChI=1S/C26H19BrN2O7S/c1-4-35-25(33)22-12(2)28-26(37-22)29-19(13-5-7-14(8-6-13)24(32)34-3)18-20(30)16-11-15(27)9-10-17(16)36-21(18)23(29)31/h5-11,19H,4H2,1-3H3/t19-/m0/s1. The van der Waals surface area contributed by atoms with Crippen molar-refractivity contribution in [2.24, 2.45) is 0 Å². The van der Waals surface area contributed by atoms with Gasteiger partial charge in [0, 0.05) is 4.47 Å². The molecule has 0 bridgehead atoms. The maximum Gasteiger partial charge on any atom is 0.350 e. The van der Waals surface area contributed by atoms with E-state index in [9.17, 15) is 19.2 Å². The molecule has 0 fully saturated rings. The van der Waals surface area contributed by atoms with Crippen molar-refractivity contribution < 1.29 is 28.3 Å². The van der Waals surface area contributed by atoms with Gasteiger partial charge in [-0.05, 0) is 49.7 Å². The van der Waals surface area contributed by atoms with Crippen molar-refractivity contribution in [2.75, 3.05) is 18.6 Å². The second kappa shape index (κ2) is 9.56. The lowest BCUT2D eigenvalue weighted by molar-refractivity contribution is 0.0529. The fraction of sp³-hybridized carbons (Fsp3) is 0.192. The molecule has 3 heterocycles. The van der Waals surface area contributed by atoms with Crippen LogP contribution in [-0.4, -0.2) is 36.5 Å². The first-order valence-corrected chi connectivity index (χ1v) is 12.8. The van der Waals surface area contributed by atoms with Gasteiger partial charge >= 0.3 is 11.9 Å². The van der Waals surface area contributed by atoms with E-state index in [2.05, 4.69) is 20.9 Å². The molecule has 2 aromatic heterocycles. The lowest BCUT2D eigenvalue weighted by Crippen LogP contribution is -2.29. The van der Waals surface area contributed by atoms with Crippen molar-refractivity contribution in [3.05, 3.63) is 90.2 Å². The van der Waals surface area contributed by atoms with Crippen LogP contribution in [0.3, 0.4) is 0 Å². The van der Waals surface area contributed by atoms with E-state index in [1.807, 2.05) is 0 Å². The summed E-state index contributed by atoms with van der Waals surface area (Å²) in [5.41, 5.74) is 1.31. The molecule has 9 nitrogen and oxygen atoms in total. The molecule has 4 aromatic rings. The zero-order chi connectivity index (χ0) is 26.4. The summed E-state index contributed by atoms with van der Waals surface area (Å²) in [5.74, 6) is -1.73. The van der Waals surface area contributed by atoms with E-state index in [-0.39, 0.29) is 39.0 Å². The van der Waals surface area contributed by atoms with Gasteiger partial charge in [0.15, 0.2) is 10.6 Å². The monoisotopic (exact) mass is 582 g/mol. The van der Waals surface area contributed by atoms with Crippen molar-refractivity contribution >= 4 is 61.2 Å². The van der Waals surface area contributed by atoms with Crippen LogP contribution in [0.15, 0.2) is 56.1 Å². The number of anilines is 1. The van der Waals surface area contributed by atoms with Crippen LogP contribution in [0.4, 0.5) is 5.13 Å². The minimum Gasteiger partial charge on any atom is -0.465 e. The SMILES string of the molecule is CCOC(=O)c1sc(N2C(=O)c3oc4ccc(Br)cc4c(=O)c3[C@@H]2c2ccc(C(=O)OC)cc2)nc1C. The van der Waals surface area contributed by atoms with Crippen LogP contribution in [0.1, 0.15) is 60.4 Å². The Bertz CT molecular complexity index is 1640. The number of rotatable bonds is 5. The molecule has 5 rings (SSSR count). The third-order valence-corrected chi connectivity index (χ3v) is 7.56. The Morgan fingerprint density at radius 3 is 2.54 bits per heavy atom. The van der Waals surface area contributed by atoms with Gasteiger partial charge in [0.25, 0.3) is 5.91 Å². The maximum atomic E-state index is 13.7. The largest absolute Gasteiger partial charge is 0.465 e. The summed E-state index contributed by atoms with van der Waals surface area (Å²) >= 11 is 4.38.